The monoisotopic (exact) mass is 462 g/mol. The molecule has 4 aromatic rings. The lowest BCUT2D eigenvalue weighted by Crippen LogP contribution is -2.49. The fourth-order valence-electron chi connectivity index (χ4n) is 4.00. The van der Waals surface area contributed by atoms with Crippen LogP contribution in [0.4, 0.5) is 5.69 Å². The van der Waals surface area contributed by atoms with Gasteiger partial charge in [0.15, 0.2) is 5.76 Å². The number of amides is 1. The van der Waals surface area contributed by atoms with Crippen molar-refractivity contribution in [3.8, 4) is 22.9 Å². The number of halogens is 1. The van der Waals surface area contributed by atoms with Crippen LogP contribution in [0.25, 0.3) is 17.1 Å². The molecule has 0 atom stereocenters. The normalized spacial score (nSPS) is 13.9. The molecule has 1 amide bonds. The van der Waals surface area contributed by atoms with Crippen molar-refractivity contribution in [2.24, 2.45) is 0 Å². The number of nitrogens with zero attached hydrogens (tertiary/aromatic N) is 4. The Hall–Kier alpha value is -3.71. The molecule has 1 aliphatic rings. The lowest BCUT2D eigenvalue weighted by Gasteiger charge is -2.36. The summed E-state index contributed by atoms with van der Waals surface area (Å²) in [5, 5.41) is 5.38. The third kappa shape index (κ3) is 4.32. The van der Waals surface area contributed by atoms with Crippen molar-refractivity contribution < 1.29 is 13.9 Å². The second kappa shape index (κ2) is 9.03. The number of benzene rings is 2. The molecule has 2 aromatic heterocycles. The molecule has 0 spiro atoms. The summed E-state index contributed by atoms with van der Waals surface area (Å²) in [6.45, 7) is 2.67. The van der Waals surface area contributed by atoms with Crippen LogP contribution in [0.5, 0.6) is 5.75 Å². The van der Waals surface area contributed by atoms with E-state index in [0.29, 0.717) is 35.3 Å². The van der Waals surface area contributed by atoms with Gasteiger partial charge in [-0.2, -0.15) is 5.10 Å². The molecule has 1 fully saturated rings. The van der Waals surface area contributed by atoms with Crippen LogP contribution in [0.1, 0.15) is 10.5 Å². The van der Waals surface area contributed by atoms with E-state index >= 15 is 0 Å². The van der Waals surface area contributed by atoms with Gasteiger partial charge in [-0.1, -0.05) is 17.7 Å². The second-order valence-corrected chi connectivity index (χ2v) is 8.20. The Morgan fingerprint density at radius 1 is 0.970 bits per heavy atom. The van der Waals surface area contributed by atoms with Gasteiger partial charge in [0.05, 0.1) is 19.1 Å². The molecule has 7 nitrogen and oxygen atoms in total. The summed E-state index contributed by atoms with van der Waals surface area (Å²) in [5.74, 6) is 1.28. The van der Waals surface area contributed by atoms with Crippen LogP contribution in [0.2, 0.25) is 5.02 Å². The minimum Gasteiger partial charge on any atom is -0.497 e. The maximum absolute atomic E-state index is 13.6. The summed E-state index contributed by atoms with van der Waals surface area (Å²) in [5.41, 5.74) is 2.94. The van der Waals surface area contributed by atoms with E-state index in [9.17, 15) is 4.79 Å². The zero-order valence-corrected chi connectivity index (χ0v) is 18.9. The molecule has 8 heteroatoms. The lowest BCUT2D eigenvalue weighted by molar-refractivity contribution is 0.0737. The van der Waals surface area contributed by atoms with Gasteiger partial charge in [0, 0.05) is 43.0 Å². The Balaban J connectivity index is 1.41. The Kier molecular flexibility index (Phi) is 5.79. The quantitative estimate of drug-likeness (QED) is 0.428. The first kappa shape index (κ1) is 21.2. The predicted octanol–water partition coefficient (Wildman–Crippen LogP) is 4.76. The number of rotatable bonds is 5. The summed E-state index contributed by atoms with van der Waals surface area (Å²) in [4.78, 5) is 17.7. The van der Waals surface area contributed by atoms with Crippen molar-refractivity contribution in [2.75, 3.05) is 38.2 Å². The van der Waals surface area contributed by atoms with Crippen LogP contribution < -0.4 is 9.64 Å². The number of ether oxygens (including phenoxy) is 1. The van der Waals surface area contributed by atoms with E-state index in [2.05, 4.69) is 10.00 Å². The number of anilines is 1. The van der Waals surface area contributed by atoms with Crippen molar-refractivity contribution in [3.05, 3.63) is 83.7 Å². The third-order valence-electron chi connectivity index (χ3n) is 5.76. The van der Waals surface area contributed by atoms with Gasteiger partial charge in [-0.3, -0.25) is 4.79 Å². The van der Waals surface area contributed by atoms with Gasteiger partial charge in [0.2, 0.25) is 0 Å². The van der Waals surface area contributed by atoms with Crippen LogP contribution in [0, 0.1) is 0 Å². The molecule has 0 unspecified atom stereocenters. The molecule has 0 N–H and O–H groups in total. The number of methoxy groups -OCH3 is 1. The average molecular weight is 463 g/mol. The number of piperazine rings is 1. The van der Waals surface area contributed by atoms with E-state index < -0.39 is 0 Å². The Morgan fingerprint density at radius 3 is 2.42 bits per heavy atom. The summed E-state index contributed by atoms with van der Waals surface area (Å²) in [7, 11) is 1.62. The topological polar surface area (TPSA) is 63.7 Å². The second-order valence-electron chi connectivity index (χ2n) is 7.76. The summed E-state index contributed by atoms with van der Waals surface area (Å²) in [6.07, 6.45) is 1.60. The van der Waals surface area contributed by atoms with Crippen molar-refractivity contribution in [1.29, 1.82) is 0 Å². The summed E-state index contributed by atoms with van der Waals surface area (Å²) in [6, 6.07) is 20.7. The predicted molar refractivity (Wildman–Crippen MR) is 127 cm³/mol. The number of carbonyl (C=O) groups excluding carboxylic acids is 1. The Morgan fingerprint density at radius 2 is 1.76 bits per heavy atom. The molecule has 0 saturated carbocycles. The van der Waals surface area contributed by atoms with E-state index in [1.807, 2.05) is 59.5 Å². The van der Waals surface area contributed by atoms with Crippen molar-refractivity contribution >= 4 is 23.2 Å². The highest BCUT2D eigenvalue weighted by molar-refractivity contribution is 6.30. The van der Waals surface area contributed by atoms with Crippen LogP contribution in [-0.2, 0) is 0 Å². The highest BCUT2D eigenvalue weighted by Gasteiger charge is 2.27. The molecule has 1 aliphatic heterocycles. The maximum Gasteiger partial charge on any atom is 0.272 e. The third-order valence-corrected chi connectivity index (χ3v) is 5.99. The van der Waals surface area contributed by atoms with Gasteiger partial charge >= 0.3 is 0 Å². The molecular weight excluding hydrogens is 440 g/mol. The molecule has 5 rings (SSSR count). The highest BCUT2D eigenvalue weighted by Crippen LogP contribution is 2.26. The van der Waals surface area contributed by atoms with Crippen molar-refractivity contribution in [3.63, 3.8) is 0 Å². The van der Waals surface area contributed by atoms with Gasteiger partial charge in [-0.15, -0.1) is 0 Å². The standard InChI is InChI=1S/C25H23ClN4O3/c1-32-21-9-7-19(8-10-21)30-23(17-22(27-30)24-6-3-15-33-24)25(31)29-13-11-28(12-14-29)20-5-2-4-18(26)16-20/h2-10,15-17H,11-14H2,1H3. The van der Waals surface area contributed by atoms with E-state index in [0.717, 1.165) is 30.2 Å². The van der Waals surface area contributed by atoms with E-state index in [-0.39, 0.29) is 5.91 Å². The zero-order chi connectivity index (χ0) is 22.8. The van der Waals surface area contributed by atoms with Crippen molar-refractivity contribution in [1.82, 2.24) is 14.7 Å². The molecule has 2 aromatic carbocycles. The van der Waals surface area contributed by atoms with Crippen molar-refractivity contribution in [2.45, 2.75) is 0 Å². The lowest BCUT2D eigenvalue weighted by atomic mass is 10.2. The molecule has 0 radical (unpaired) electrons. The molecule has 33 heavy (non-hydrogen) atoms. The maximum atomic E-state index is 13.6. The zero-order valence-electron chi connectivity index (χ0n) is 18.1. The molecule has 3 heterocycles. The summed E-state index contributed by atoms with van der Waals surface area (Å²) < 4.78 is 12.5. The van der Waals surface area contributed by atoms with Gasteiger partial charge in [0.25, 0.3) is 5.91 Å². The van der Waals surface area contributed by atoms with Crippen LogP contribution >= 0.6 is 11.6 Å². The van der Waals surface area contributed by atoms with Gasteiger partial charge in [-0.25, -0.2) is 4.68 Å². The number of furan rings is 1. The highest BCUT2D eigenvalue weighted by atomic mass is 35.5. The summed E-state index contributed by atoms with van der Waals surface area (Å²) >= 11 is 6.15. The van der Waals surface area contributed by atoms with Crippen LogP contribution in [0.15, 0.2) is 77.4 Å². The van der Waals surface area contributed by atoms with E-state index in [1.54, 1.807) is 30.2 Å². The average Bonchev–Trinajstić information content (AvgIpc) is 3.54. The fraction of sp³-hybridized carbons (Fsp3) is 0.200. The number of carbonyl (C=O) groups is 1. The SMILES string of the molecule is COc1ccc(-n2nc(-c3ccco3)cc2C(=O)N2CCN(c3cccc(Cl)c3)CC2)cc1. The van der Waals surface area contributed by atoms with Gasteiger partial charge < -0.3 is 19.0 Å². The smallest absolute Gasteiger partial charge is 0.272 e. The van der Waals surface area contributed by atoms with E-state index in [4.69, 9.17) is 20.8 Å². The molecule has 168 valence electrons. The first-order chi connectivity index (χ1) is 16.1. The van der Waals surface area contributed by atoms with E-state index in [1.165, 1.54) is 0 Å². The fourth-order valence-corrected chi connectivity index (χ4v) is 4.19. The van der Waals surface area contributed by atoms with Crippen LogP contribution in [0.3, 0.4) is 0 Å². The number of aromatic nitrogens is 2. The van der Waals surface area contributed by atoms with Gasteiger partial charge in [-0.05, 0) is 54.6 Å². The number of hydrogen-bond acceptors (Lipinski definition) is 5. The Labute approximate surface area is 196 Å². The minimum atomic E-state index is -0.0677. The largest absolute Gasteiger partial charge is 0.497 e. The first-order valence-corrected chi connectivity index (χ1v) is 11.1. The minimum absolute atomic E-state index is 0.0677. The molecule has 0 aliphatic carbocycles. The van der Waals surface area contributed by atoms with Gasteiger partial charge in [0.1, 0.15) is 17.1 Å². The molecule has 0 bridgehead atoms. The van der Waals surface area contributed by atoms with Crippen LogP contribution in [-0.4, -0.2) is 53.9 Å². The number of hydrogen-bond donors (Lipinski definition) is 0. The Bertz CT molecular complexity index is 1240. The molecule has 1 saturated heterocycles. The first-order valence-electron chi connectivity index (χ1n) is 10.7. The molecular formula is C25H23ClN4O3.